The highest BCUT2D eigenvalue weighted by molar-refractivity contribution is 6.31. The first-order valence-corrected chi connectivity index (χ1v) is 8.33. The van der Waals surface area contributed by atoms with E-state index in [-0.39, 0.29) is 5.91 Å². The van der Waals surface area contributed by atoms with E-state index >= 15 is 0 Å². The minimum Gasteiger partial charge on any atom is -0.306 e. The highest BCUT2D eigenvalue weighted by Gasteiger charge is 2.24. The fourth-order valence-corrected chi connectivity index (χ4v) is 3.28. The number of halogens is 1. The zero-order valence-electron chi connectivity index (χ0n) is 13.0. The average molecular weight is 338 g/mol. The predicted molar refractivity (Wildman–Crippen MR) is 95.0 cm³/mol. The topological polar surface area (TPSA) is 46.9 Å². The van der Waals surface area contributed by atoms with Gasteiger partial charge >= 0.3 is 0 Å². The smallest absolute Gasteiger partial charge is 0.256 e. The standard InChI is InChI=1S/C19H16ClN3O/c20-14-7-4-6-13(12-14)19(24)21-18-16-10-5-11-17(16)22-23(18)15-8-2-1-3-9-15/h1-4,6-9,12H,5,10-11H2,(H,21,24). The van der Waals surface area contributed by atoms with E-state index in [1.807, 2.05) is 35.0 Å². The number of carbonyl (C=O) groups is 1. The molecule has 3 aromatic rings. The second-order valence-electron chi connectivity index (χ2n) is 5.84. The van der Waals surface area contributed by atoms with Crippen LogP contribution in [0.15, 0.2) is 54.6 Å². The predicted octanol–water partition coefficient (Wildman–Crippen LogP) is 4.27. The van der Waals surface area contributed by atoms with Crippen LogP contribution in [0, 0.1) is 0 Å². The van der Waals surface area contributed by atoms with E-state index in [9.17, 15) is 4.79 Å². The van der Waals surface area contributed by atoms with Crippen LogP contribution in [0.3, 0.4) is 0 Å². The number of benzene rings is 2. The van der Waals surface area contributed by atoms with Gasteiger partial charge in [-0.15, -0.1) is 0 Å². The highest BCUT2D eigenvalue weighted by atomic mass is 35.5. The summed E-state index contributed by atoms with van der Waals surface area (Å²) in [6.07, 6.45) is 2.97. The number of nitrogens with one attached hydrogen (secondary N) is 1. The fourth-order valence-electron chi connectivity index (χ4n) is 3.09. The highest BCUT2D eigenvalue weighted by Crippen LogP contribution is 2.31. The molecule has 1 aliphatic carbocycles. The first-order valence-electron chi connectivity index (χ1n) is 7.95. The van der Waals surface area contributed by atoms with Gasteiger partial charge in [0, 0.05) is 16.1 Å². The van der Waals surface area contributed by atoms with E-state index in [0.29, 0.717) is 10.6 Å². The number of para-hydroxylation sites is 1. The third-order valence-electron chi connectivity index (χ3n) is 4.23. The third kappa shape index (κ3) is 2.69. The lowest BCUT2D eigenvalue weighted by atomic mass is 10.2. The van der Waals surface area contributed by atoms with Crippen LogP contribution in [0.5, 0.6) is 0 Å². The molecule has 1 aliphatic rings. The molecular weight excluding hydrogens is 322 g/mol. The van der Waals surface area contributed by atoms with Crippen molar-refractivity contribution >= 4 is 23.3 Å². The SMILES string of the molecule is O=C(Nc1c2c(nn1-c1ccccc1)CCC2)c1cccc(Cl)c1. The Morgan fingerprint density at radius 1 is 1.08 bits per heavy atom. The van der Waals surface area contributed by atoms with E-state index in [1.54, 1.807) is 24.3 Å². The lowest BCUT2D eigenvalue weighted by Crippen LogP contribution is -2.16. The molecule has 0 aliphatic heterocycles. The summed E-state index contributed by atoms with van der Waals surface area (Å²) in [5, 5.41) is 8.28. The van der Waals surface area contributed by atoms with E-state index in [4.69, 9.17) is 16.7 Å². The van der Waals surface area contributed by atoms with Crippen LogP contribution in [-0.4, -0.2) is 15.7 Å². The monoisotopic (exact) mass is 337 g/mol. The van der Waals surface area contributed by atoms with Gasteiger partial charge in [0.25, 0.3) is 5.91 Å². The van der Waals surface area contributed by atoms with Crippen LogP contribution in [0.1, 0.15) is 28.0 Å². The number of hydrogen-bond acceptors (Lipinski definition) is 2. The Kier molecular flexibility index (Phi) is 3.82. The van der Waals surface area contributed by atoms with Gasteiger partial charge in [-0.25, -0.2) is 4.68 Å². The molecule has 5 heteroatoms. The van der Waals surface area contributed by atoms with Crippen molar-refractivity contribution in [3.05, 3.63) is 76.4 Å². The summed E-state index contributed by atoms with van der Waals surface area (Å²) >= 11 is 5.99. The minimum absolute atomic E-state index is 0.177. The molecule has 0 unspecified atom stereocenters. The first kappa shape index (κ1) is 15.0. The van der Waals surface area contributed by atoms with Crippen molar-refractivity contribution in [1.82, 2.24) is 9.78 Å². The van der Waals surface area contributed by atoms with Crippen LogP contribution < -0.4 is 5.32 Å². The van der Waals surface area contributed by atoms with Gasteiger partial charge < -0.3 is 5.32 Å². The molecule has 0 spiro atoms. The van der Waals surface area contributed by atoms with E-state index < -0.39 is 0 Å². The number of amides is 1. The molecule has 4 rings (SSSR count). The van der Waals surface area contributed by atoms with Gasteiger partial charge in [0.05, 0.1) is 11.4 Å². The summed E-state index contributed by atoms with van der Waals surface area (Å²) in [5.74, 6) is 0.586. The summed E-state index contributed by atoms with van der Waals surface area (Å²) < 4.78 is 1.83. The first-order chi connectivity index (χ1) is 11.7. The number of aromatic nitrogens is 2. The Balaban J connectivity index is 1.73. The van der Waals surface area contributed by atoms with Gasteiger partial charge in [0.15, 0.2) is 0 Å². The van der Waals surface area contributed by atoms with Gasteiger partial charge in [0.1, 0.15) is 5.82 Å². The van der Waals surface area contributed by atoms with Crippen molar-refractivity contribution in [2.75, 3.05) is 5.32 Å². The molecule has 24 heavy (non-hydrogen) atoms. The third-order valence-corrected chi connectivity index (χ3v) is 4.46. The van der Waals surface area contributed by atoms with E-state index in [2.05, 4.69) is 5.32 Å². The van der Waals surface area contributed by atoms with Crippen LogP contribution in [0.2, 0.25) is 5.02 Å². The summed E-state index contributed by atoms with van der Waals surface area (Å²) in [7, 11) is 0. The van der Waals surface area contributed by atoms with Crippen LogP contribution >= 0.6 is 11.6 Å². The maximum Gasteiger partial charge on any atom is 0.256 e. The minimum atomic E-state index is -0.177. The molecule has 1 amide bonds. The second kappa shape index (κ2) is 6.13. The van der Waals surface area contributed by atoms with Crippen LogP contribution in [0.25, 0.3) is 5.69 Å². The zero-order valence-corrected chi connectivity index (χ0v) is 13.8. The summed E-state index contributed by atoms with van der Waals surface area (Å²) in [6.45, 7) is 0. The van der Waals surface area contributed by atoms with Gasteiger partial charge in [-0.3, -0.25) is 4.79 Å². The molecule has 1 N–H and O–H groups in total. The maximum atomic E-state index is 12.6. The lowest BCUT2D eigenvalue weighted by Gasteiger charge is -2.11. The van der Waals surface area contributed by atoms with E-state index in [1.165, 1.54) is 0 Å². The normalized spacial score (nSPS) is 12.9. The summed E-state index contributed by atoms with van der Waals surface area (Å²) in [4.78, 5) is 12.6. The van der Waals surface area contributed by atoms with Gasteiger partial charge in [0.2, 0.25) is 0 Å². The van der Waals surface area contributed by atoms with Crippen molar-refractivity contribution in [1.29, 1.82) is 0 Å². The average Bonchev–Trinajstić information content (AvgIpc) is 3.18. The number of nitrogens with zero attached hydrogens (tertiary/aromatic N) is 2. The number of hydrogen-bond donors (Lipinski definition) is 1. The Hall–Kier alpha value is -2.59. The van der Waals surface area contributed by atoms with Crippen molar-refractivity contribution in [3.8, 4) is 5.69 Å². The second-order valence-corrected chi connectivity index (χ2v) is 6.28. The zero-order chi connectivity index (χ0) is 16.5. The largest absolute Gasteiger partial charge is 0.306 e. The number of anilines is 1. The molecule has 0 saturated carbocycles. The van der Waals surface area contributed by atoms with Crippen molar-refractivity contribution in [2.24, 2.45) is 0 Å². The van der Waals surface area contributed by atoms with E-state index in [0.717, 1.165) is 42.0 Å². The van der Waals surface area contributed by atoms with Crippen molar-refractivity contribution in [2.45, 2.75) is 19.3 Å². The van der Waals surface area contributed by atoms with Crippen molar-refractivity contribution in [3.63, 3.8) is 0 Å². The Morgan fingerprint density at radius 3 is 2.71 bits per heavy atom. The number of fused-ring (bicyclic) bond motifs is 1. The molecule has 120 valence electrons. The molecule has 0 atom stereocenters. The Morgan fingerprint density at radius 2 is 1.92 bits per heavy atom. The number of rotatable bonds is 3. The molecular formula is C19H16ClN3O. The van der Waals surface area contributed by atoms with Crippen LogP contribution in [0.4, 0.5) is 5.82 Å². The molecule has 0 bridgehead atoms. The Bertz CT molecular complexity index is 902. The molecule has 1 aromatic heterocycles. The summed E-state index contributed by atoms with van der Waals surface area (Å²) in [6, 6.07) is 16.8. The summed E-state index contributed by atoms with van der Waals surface area (Å²) in [5.41, 5.74) is 3.68. The van der Waals surface area contributed by atoms with Gasteiger partial charge in [-0.1, -0.05) is 35.9 Å². The quantitative estimate of drug-likeness (QED) is 0.776. The lowest BCUT2D eigenvalue weighted by molar-refractivity contribution is 0.102. The molecule has 2 aromatic carbocycles. The molecule has 1 heterocycles. The van der Waals surface area contributed by atoms with Crippen LogP contribution in [-0.2, 0) is 12.8 Å². The molecule has 0 saturated heterocycles. The number of carbonyl (C=O) groups excluding carboxylic acids is 1. The fraction of sp³-hybridized carbons (Fsp3) is 0.158. The molecule has 0 fully saturated rings. The Labute approximate surface area is 145 Å². The molecule has 4 nitrogen and oxygen atoms in total. The maximum absolute atomic E-state index is 12.6. The van der Waals surface area contributed by atoms with Crippen molar-refractivity contribution < 1.29 is 4.79 Å². The van der Waals surface area contributed by atoms with Gasteiger partial charge in [-0.2, -0.15) is 5.10 Å². The van der Waals surface area contributed by atoms with Gasteiger partial charge in [-0.05, 0) is 49.6 Å². The number of aryl methyl sites for hydroxylation is 1. The molecule has 0 radical (unpaired) electrons.